The molecule has 0 aromatic rings. The van der Waals surface area contributed by atoms with E-state index < -0.39 is 5.54 Å². The average Bonchev–Trinajstić information content (AvgIpc) is 2.51. The van der Waals surface area contributed by atoms with E-state index in [0.29, 0.717) is 6.61 Å². The minimum Gasteiger partial charge on any atom is -0.464 e. The highest BCUT2D eigenvalue weighted by Gasteiger charge is 2.38. The summed E-state index contributed by atoms with van der Waals surface area (Å²) in [4.78, 5) is 11.7. The van der Waals surface area contributed by atoms with E-state index >= 15 is 0 Å². The van der Waals surface area contributed by atoms with Gasteiger partial charge in [0, 0.05) is 0 Å². The van der Waals surface area contributed by atoms with Crippen molar-refractivity contribution in [2.75, 3.05) is 6.61 Å². The Bertz CT molecular complexity index is 224. The Morgan fingerprint density at radius 2 is 1.87 bits per heavy atom. The second kappa shape index (κ2) is 4.52. The number of hydrogen-bond donors (Lipinski definition) is 1. The fourth-order valence-corrected chi connectivity index (χ4v) is 1.80. The first-order valence-electron chi connectivity index (χ1n) is 5.80. The molecule has 0 radical (unpaired) electrons. The van der Waals surface area contributed by atoms with Gasteiger partial charge in [-0.1, -0.05) is 33.6 Å². The highest BCUT2D eigenvalue weighted by Crippen LogP contribution is 2.28. The molecule has 0 aliphatic heterocycles. The van der Waals surface area contributed by atoms with Gasteiger partial charge in [0.1, 0.15) is 5.54 Å². The Kier molecular flexibility index (Phi) is 3.77. The number of ether oxygens (including phenoxy) is 1. The molecule has 0 bridgehead atoms. The van der Waals surface area contributed by atoms with E-state index in [9.17, 15) is 4.79 Å². The van der Waals surface area contributed by atoms with Gasteiger partial charge < -0.3 is 10.5 Å². The quantitative estimate of drug-likeness (QED) is 0.731. The number of carbonyl (C=O) groups is 1. The van der Waals surface area contributed by atoms with Gasteiger partial charge in [-0.15, -0.1) is 0 Å². The van der Waals surface area contributed by atoms with Crippen LogP contribution in [0, 0.1) is 5.41 Å². The highest BCUT2D eigenvalue weighted by molar-refractivity contribution is 5.80. The first-order chi connectivity index (χ1) is 6.83. The van der Waals surface area contributed by atoms with Crippen LogP contribution >= 0.6 is 0 Å². The standard InChI is InChI=1S/C12H23NO2/c1-11(2,3)8-9-15-10(14)12(13)6-4-5-7-12/h4-9,13H2,1-3H3. The first-order valence-corrected chi connectivity index (χ1v) is 5.80. The molecule has 0 amide bonds. The number of carbonyl (C=O) groups excluding carboxylic acids is 1. The van der Waals surface area contributed by atoms with Crippen LogP contribution in [0.1, 0.15) is 52.9 Å². The Morgan fingerprint density at radius 3 is 2.33 bits per heavy atom. The number of nitrogens with two attached hydrogens (primary N) is 1. The fraction of sp³-hybridized carbons (Fsp3) is 0.917. The van der Waals surface area contributed by atoms with Gasteiger partial charge in [0.05, 0.1) is 6.61 Å². The van der Waals surface area contributed by atoms with Crippen molar-refractivity contribution in [3.8, 4) is 0 Å². The maximum Gasteiger partial charge on any atom is 0.326 e. The average molecular weight is 213 g/mol. The lowest BCUT2D eigenvalue weighted by Gasteiger charge is -2.23. The van der Waals surface area contributed by atoms with Crippen molar-refractivity contribution in [3.05, 3.63) is 0 Å². The predicted molar refractivity (Wildman–Crippen MR) is 60.4 cm³/mol. The van der Waals surface area contributed by atoms with Gasteiger partial charge in [0.25, 0.3) is 0 Å². The number of esters is 1. The fourth-order valence-electron chi connectivity index (χ4n) is 1.80. The van der Waals surface area contributed by atoms with Crippen molar-refractivity contribution in [3.63, 3.8) is 0 Å². The largest absolute Gasteiger partial charge is 0.464 e. The molecule has 1 aliphatic carbocycles. The Balaban J connectivity index is 2.30. The maximum atomic E-state index is 11.7. The van der Waals surface area contributed by atoms with Crippen LogP contribution < -0.4 is 5.73 Å². The predicted octanol–water partition coefficient (Wildman–Crippen LogP) is 2.24. The molecule has 0 aromatic carbocycles. The van der Waals surface area contributed by atoms with Gasteiger partial charge in [0.2, 0.25) is 0 Å². The summed E-state index contributed by atoms with van der Waals surface area (Å²) in [5, 5.41) is 0. The molecule has 1 rings (SSSR count). The van der Waals surface area contributed by atoms with Crippen molar-refractivity contribution >= 4 is 5.97 Å². The van der Waals surface area contributed by atoms with Crippen LogP contribution in [0.4, 0.5) is 0 Å². The Labute approximate surface area is 92.4 Å². The lowest BCUT2D eigenvalue weighted by atomic mass is 9.93. The molecule has 0 atom stereocenters. The van der Waals surface area contributed by atoms with E-state index in [2.05, 4.69) is 20.8 Å². The molecule has 0 saturated heterocycles. The van der Waals surface area contributed by atoms with E-state index in [4.69, 9.17) is 10.5 Å². The van der Waals surface area contributed by atoms with Gasteiger partial charge in [0.15, 0.2) is 0 Å². The number of hydrogen-bond acceptors (Lipinski definition) is 3. The van der Waals surface area contributed by atoms with Crippen molar-refractivity contribution < 1.29 is 9.53 Å². The summed E-state index contributed by atoms with van der Waals surface area (Å²) in [6, 6.07) is 0. The minimum absolute atomic E-state index is 0.204. The van der Waals surface area contributed by atoms with E-state index in [1.54, 1.807) is 0 Å². The van der Waals surface area contributed by atoms with Crippen molar-refractivity contribution in [2.45, 2.75) is 58.4 Å². The number of rotatable bonds is 3. The summed E-state index contributed by atoms with van der Waals surface area (Å²) in [5.41, 5.74) is 5.50. The highest BCUT2D eigenvalue weighted by atomic mass is 16.5. The molecule has 1 aliphatic rings. The summed E-state index contributed by atoms with van der Waals surface area (Å²) >= 11 is 0. The van der Waals surface area contributed by atoms with Crippen LogP contribution in [-0.2, 0) is 9.53 Å². The molecule has 0 spiro atoms. The van der Waals surface area contributed by atoms with E-state index in [1.165, 1.54) is 0 Å². The Hall–Kier alpha value is -0.570. The first kappa shape index (κ1) is 12.5. The third-order valence-corrected chi connectivity index (χ3v) is 2.99. The molecule has 2 N–H and O–H groups in total. The zero-order valence-electron chi connectivity index (χ0n) is 10.1. The molecule has 0 unspecified atom stereocenters. The summed E-state index contributed by atoms with van der Waals surface area (Å²) in [6.07, 6.45) is 4.53. The monoisotopic (exact) mass is 213 g/mol. The second-order valence-corrected chi connectivity index (χ2v) is 5.81. The van der Waals surface area contributed by atoms with Crippen molar-refractivity contribution in [2.24, 2.45) is 11.1 Å². The molecule has 1 saturated carbocycles. The van der Waals surface area contributed by atoms with Crippen molar-refractivity contribution in [1.29, 1.82) is 0 Å². The molecule has 0 aromatic heterocycles. The zero-order chi connectivity index (χ0) is 11.5. The van der Waals surface area contributed by atoms with E-state index in [0.717, 1.165) is 32.1 Å². The lowest BCUT2D eigenvalue weighted by molar-refractivity contribution is -0.150. The second-order valence-electron chi connectivity index (χ2n) is 5.81. The van der Waals surface area contributed by atoms with Crippen LogP contribution in [0.2, 0.25) is 0 Å². The van der Waals surface area contributed by atoms with Gasteiger partial charge in [-0.2, -0.15) is 0 Å². The van der Waals surface area contributed by atoms with E-state index in [1.807, 2.05) is 0 Å². The van der Waals surface area contributed by atoms with Gasteiger partial charge in [-0.3, -0.25) is 4.79 Å². The zero-order valence-corrected chi connectivity index (χ0v) is 10.1. The van der Waals surface area contributed by atoms with Crippen molar-refractivity contribution in [1.82, 2.24) is 0 Å². The topological polar surface area (TPSA) is 52.3 Å². The van der Waals surface area contributed by atoms with Gasteiger partial charge in [-0.05, 0) is 24.7 Å². The third-order valence-electron chi connectivity index (χ3n) is 2.99. The maximum absolute atomic E-state index is 11.7. The molecule has 3 nitrogen and oxygen atoms in total. The van der Waals surface area contributed by atoms with Gasteiger partial charge >= 0.3 is 5.97 Å². The van der Waals surface area contributed by atoms with Crippen LogP contribution in [0.25, 0.3) is 0 Å². The van der Waals surface area contributed by atoms with Crippen LogP contribution in [0.3, 0.4) is 0 Å². The van der Waals surface area contributed by atoms with Crippen LogP contribution in [0.15, 0.2) is 0 Å². The van der Waals surface area contributed by atoms with Crippen LogP contribution in [-0.4, -0.2) is 18.1 Å². The molecule has 1 fully saturated rings. The Morgan fingerprint density at radius 1 is 1.33 bits per heavy atom. The summed E-state index contributed by atoms with van der Waals surface area (Å²) < 4.78 is 5.24. The summed E-state index contributed by atoms with van der Waals surface area (Å²) in [5.74, 6) is -0.204. The minimum atomic E-state index is -0.683. The molecular weight excluding hydrogens is 190 g/mol. The summed E-state index contributed by atoms with van der Waals surface area (Å²) in [7, 11) is 0. The lowest BCUT2D eigenvalue weighted by Crippen LogP contribution is -2.46. The van der Waals surface area contributed by atoms with Gasteiger partial charge in [-0.25, -0.2) is 0 Å². The molecule has 0 heterocycles. The smallest absolute Gasteiger partial charge is 0.326 e. The molecule has 88 valence electrons. The normalized spacial score (nSPS) is 20.3. The van der Waals surface area contributed by atoms with E-state index in [-0.39, 0.29) is 11.4 Å². The van der Waals surface area contributed by atoms with Crippen LogP contribution in [0.5, 0.6) is 0 Å². The molecule has 15 heavy (non-hydrogen) atoms. The third kappa shape index (κ3) is 3.82. The SMILES string of the molecule is CC(C)(C)CCOC(=O)C1(N)CCCC1. The summed E-state index contributed by atoms with van der Waals surface area (Å²) in [6.45, 7) is 6.89. The molecular formula is C12H23NO2. The molecule has 3 heteroatoms.